The Labute approximate surface area is 180 Å². The average molecular weight is 427 g/mol. The van der Waals surface area contributed by atoms with Crippen molar-refractivity contribution >= 4 is 22.0 Å². The van der Waals surface area contributed by atoms with Gasteiger partial charge < -0.3 is 4.90 Å². The van der Waals surface area contributed by atoms with Crippen LogP contribution in [-0.2, 0) is 20.2 Å². The Morgan fingerprint density at radius 2 is 1.47 bits per heavy atom. The lowest BCUT2D eigenvalue weighted by molar-refractivity contribution is -0.127. The van der Waals surface area contributed by atoms with Crippen molar-refractivity contribution in [2.24, 2.45) is 0 Å². The highest BCUT2D eigenvalue weighted by molar-refractivity contribution is 7.89. The van der Waals surface area contributed by atoms with Gasteiger partial charge in [0.05, 0.1) is 4.90 Å². The molecule has 0 aromatic heterocycles. The molecule has 2 aromatic carbocycles. The zero-order valence-corrected chi connectivity index (χ0v) is 18.9. The van der Waals surface area contributed by atoms with E-state index in [2.05, 4.69) is 20.8 Å². The maximum absolute atomic E-state index is 13.0. The van der Waals surface area contributed by atoms with Crippen molar-refractivity contribution in [2.45, 2.75) is 38.0 Å². The minimum absolute atomic E-state index is 0.0274. The second-order valence-corrected chi connectivity index (χ2v) is 10.7. The third kappa shape index (κ3) is 5.18. The minimum Gasteiger partial charge on any atom is -0.337 e. The van der Waals surface area contributed by atoms with Crippen molar-refractivity contribution in [3.8, 4) is 0 Å². The number of piperazine rings is 1. The highest BCUT2D eigenvalue weighted by Gasteiger charge is 2.29. The number of carbonyl (C=O) groups is 1. The van der Waals surface area contributed by atoms with E-state index >= 15 is 0 Å². The van der Waals surface area contributed by atoms with Crippen LogP contribution in [0.5, 0.6) is 0 Å². The molecular weight excluding hydrogens is 396 g/mol. The number of aryl methyl sites for hydroxylation is 1. The van der Waals surface area contributed by atoms with Gasteiger partial charge >= 0.3 is 0 Å². The van der Waals surface area contributed by atoms with Crippen LogP contribution in [-0.4, -0.2) is 49.7 Å². The molecule has 5 nitrogen and oxygen atoms in total. The Bertz CT molecular complexity index is 1010. The molecule has 1 fully saturated rings. The van der Waals surface area contributed by atoms with Crippen LogP contribution < -0.4 is 0 Å². The summed E-state index contributed by atoms with van der Waals surface area (Å²) in [6.45, 7) is 9.68. The largest absolute Gasteiger partial charge is 0.337 e. The zero-order valence-electron chi connectivity index (χ0n) is 18.1. The van der Waals surface area contributed by atoms with E-state index in [1.165, 1.54) is 9.87 Å². The van der Waals surface area contributed by atoms with Crippen molar-refractivity contribution in [3.63, 3.8) is 0 Å². The maximum Gasteiger partial charge on any atom is 0.246 e. The van der Waals surface area contributed by atoms with Gasteiger partial charge in [-0.05, 0) is 41.7 Å². The van der Waals surface area contributed by atoms with Gasteiger partial charge in [0.15, 0.2) is 0 Å². The fraction of sp³-hybridized carbons (Fsp3) is 0.375. The van der Waals surface area contributed by atoms with Gasteiger partial charge in [-0.1, -0.05) is 62.7 Å². The summed E-state index contributed by atoms with van der Waals surface area (Å²) >= 11 is 0. The molecule has 0 saturated carbocycles. The topological polar surface area (TPSA) is 57.7 Å². The smallest absolute Gasteiger partial charge is 0.246 e. The molecule has 0 spiro atoms. The molecule has 30 heavy (non-hydrogen) atoms. The fourth-order valence-electron chi connectivity index (χ4n) is 3.38. The zero-order chi connectivity index (χ0) is 21.9. The molecule has 0 radical (unpaired) electrons. The second kappa shape index (κ2) is 8.74. The summed E-state index contributed by atoms with van der Waals surface area (Å²) < 4.78 is 27.4. The number of rotatable bonds is 4. The van der Waals surface area contributed by atoms with Crippen LogP contribution in [0.3, 0.4) is 0 Å². The number of nitrogens with zero attached hydrogens (tertiary/aromatic N) is 2. The summed E-state index contributed by atoms with van der Waals surface area (Å²) in [5.41, 5.74) is 3.20. The van der Waals surface area contributed by atoms with Crippen molar-refractivity contribution < 1.29 is 13.2 Å². The second-order valence-electron chi connectivity index (χ2n) is 8.75. The Hall–Kier alpha value is -2.44. The minimum atomic E-state index is -3.56. The molecule has 160 valence electrons. The van der Waals surface area contributed by atoms with Crippen LogP contribution in [0.2, 0.25) is 0 Å². The molecule has 3 rings (SSSR count). The first-order chi connectivity index (χ1) is 14.1. The Balaban J connectivity index is 1.61. The summed E-state index contributed by atoms with van der Waals surface area (Å²) in [6.07, 6.45) is 3.35. The first-order valence-electron chi connectivity index (χ1n) is 10.2. The quantitative estimate of drug-likeness (QED) is 0.698. The highest BCUT2D eigenvalue weighted by Crippen LogP contribution is 2.25. The molecular formula is C24H30N2O3S. The summed E-state index contributed by atoms with van der Waals surface area (Å²) in [6, 6.07) is 15.0. The van der Waals surface area contributed by atoms with Crippen molar-refractivity contribution in [2.75, 3.05) is 26.2 Å². The van der Waals surface area contributed by atoms with E-state index in [0.29, 0.717) is 31.1 Å². The molecule has 1 heterocycles. The molecule has 1 saturated heterocycles. The van der Waals surface area contributed by atoms with Gasteiger partial charge in [0.25, 0.3) is 0 Å². The van der Waals surface area contributed by atoms with Crippen LogP contribution in [0.1, 0.15) is 37.5 Å². The molecule has 0 bridgehead atoms. The van der Waals surface area contributed by atoms with Gasteiger partial charge in [-0.2, -0.15) is 4.31 Å². The monoisotopic (exact) mass is 426 g/mol. The summed E-state index contributed by atoms with van der Waals surface area (Å²) in [7, 11) is -3.56. The lowest BCUT2D eigenvalue weighted by Gasteiger charge is -2.33. The van der Waals surface area contributed by atoms with Crippen LogP contribution in [0.4, 0.5) is 0 Å². The van der Waals surface area contributed by atoms with Crippen LogP contribution in [0.15, 0.2) is 59.5 Å². The van der Waals surface area contributed by atoms with Gasteiger partial charge in [-0.3, -0.25) is 4.79 Å². The number of sulfonamides is 1. The molecule has 0 atom stereocenters. The fourth-order valence-corrected chi connectivity index (χ4v) is 4.80. The predicted octanol–water partition coefficient (Wildman–Crippen LogP) is 3.84. The number of hydrogen-bond donors (Lipinski definition) is 0. The van der Waals surface area contributed by atoms with E-state index in [9.17, 15) is 13.2 Å². The van der Waals surface area contributed by atoms with Gasteiger partial charge in [-0.25, -0.2) is 8.42 Å². The van der Waals surface area contributed by atoms with E-state index in [-0.39, 0.29) is 11.3 Å². The molecule has 1 amide bonds. The first-order valence-corrected chi connectivity index (χ1v) is 11.7. The normalized spacial score (nSPS) is 16.2. The highest BCUT2D eigenvalue weighted by atomic mass is 32.2. The van der Waals surface area contributed by atoms with E-state index in [4.69, 9.17) is 0 Å². The third-order valence-corrected chi connectivity index (χ3v) is 7.32. The SMILES string of the molecule is Cc1ccc(/C=C/C(=O)N2CCN(S(=O)(=O)c3ccc(C(C)(C)C)cc3)CC2)cc1. The third-order valence-electron chi connectivity index (χ3n) is 5.40. The van der Waals surface area contributed by atoms with E-state index in [1.54, 1.807) is 29.2 Å². The Kier molecular flexibility index (Phi) is 6.48. The maximum atomic E-state index is 13.0. The number of amides is 1. The van der Waals surface area contributed by atoms with Gasteiger partial charge in [-0.15, -0.1) is 0 Å². The van der Waals surface area contributed by atoms with E-state index in [0.717, 1.165) is 11.1 Å². The van der Waals surface area contributed by atoms with Gasteiger partial charge in [0.1, 0.15) is 0 Å². The number of carbonyl (C=O) groups excluding carboxylic acids is 1. The van der Waals surface area contributed by atoms with E-state index in [1.807, 2.05) is 43.3 Å². The van der Waals surface area contributed by atoms with Crippen LogP contribution in [0.25, 0.3) is 6.08 Å². The standard InChI is InChI=1S/C24H30N2O3S/c1-19-5-7-20(8-6-19)9-14-23(27)25-15-17-26(18-16-25)30(28,29)22-12-10-21(11-13-22)24(2,3)4/h5-14H,15-18H2,1-4H3/b14-9+. The summed E-state index contributed by atoms with van der Waals surface area (Å²) in [4.78, 5) is 14.5. The molecule has 0 aliphatic carbocycles. The van der Waals surface area contributed by atoms with E-state index < -0.39 is 10.0 Å². The van der Waals surface area contributed by atoms with Gasteiger partial charge in [0.2, 0.25) is 15.9 Å². The Morgan fingerprint density at radius 1 is 0.900 bits per heavy atom. The molecule has 1 aliphatic rings. The molecule has 0 unspecified atom stereocenters. The van der Waals surface area contributed by atoms with Crippen molar-refractivity contribution in [1.29, 1.82) is 0 Å². The molecule has 6 heteroatoms. The Morgan fingerprint density at radius 3 is 2.00 bits per heavy atom. The summed E-state index contributed by atoms with van der Waals surface area (Å²) in [5.74, 6) is -0.0952. The number of hydrogen-bond acceptors (Lipinski definition) is 3. The average Bonchev–Trinajstić information content (AvgIpc) is 2.72. The molecule has 0 N–H and O–H groups in total. The van der Waals surface area contributed by atoms with Crippen molar-refractivity contribution in [3.05, 3.63) is 71.3 Å². The molecule has 2 aromatic rings. The lowest BCUT2D eigenvalue weighted by atomic mass is 9.87. The van der Waals surface area contributed by atoms with Crippen LogP contribution in [0, 0.1) is 6.92 Å². The molecule has 1 aliphatic heterocycles. The van der Waals surface area contributed by atoms with Gasteiger partial charge in [0, 0.05) is 32.3 Å². The van der Waals surface area contributed by atoms with Crippen LogP contribution >= 0.6 is 0 Å². The number of benzene rings is 2. The predicted molar refractivity (Wildman–Crippen MR) is 121 cm³/mol. The first kappa shape index (κ1) is 22.2. The van der Waals surface area contributed by atoms with Crippen molar-refractivity contribution in [1.82, 2.24) is 9.21 Å². The summed E-state index contributed by atoms with van der Waals surface area (Å²) in [5, 5.41) is 0. The lowest BCUT2D eigenvalue weighted by Crippen LogP contribution is -2.50.